The summed E-state index contributed by atoms with van der Waals surface area (Å²) < 4.78 is 0. The van der Waals surface area contributed by atoms with Crippen molar-refractivity contribution in [2.24, 2.45) is 0 Å². The molecule has 0 amide bonds. The van der Waals surface area contributed by atoms with E-state index in [2.05, 4.69) is 119 Å². The second-order valence-electron chi connectivity index (χ2n) is 6.01. The first-order valence-corrected chi connectivity index (χ1v) is 11.9. The Balaban J connectivity index is 1.99. The van der Waals surface area contributed by atoms with Crippen LogP contribution in [0.1, 0.15) is 32.9 Å². The van der Waals surface area contributed by atoms with Gasteiger partial charge in [-0.1, -0.05) is 98.9 Å². The van der Waals surface area contributed by atoms with Crippen LogP contribution >= 0.6 is 35.6 Å². The number of hydrogen-bond acceptors (Lipinski definition) is 0. The van der Waals surface area contributed by atoms with Crippen LogP contribution in [-0.4, -0.2) is 0 Å². The molecule has 0 aliphatic rings. The molecule has 0 saturated carbocycles. The summed E-state index contributed by atoms with van der Waals surface area (Å²) in [6.07, 6.45) is 0. The lowest BCUT2D eigenvalue weighted by Crippen LogP contribution is -2.00. The molecule has 0 aliphatic carbocycles. The van der Waals surface area contributed by atoms with E-state index >= 15 is 0 Å². The molecule has 3 aromatic rings. The molecule has 0 saturated heterocycles. The highest BCUT2D eigenvalue weighted by atomic mass is 31.2. The van der Waals surface area contributed by atoms with Gasteiger partial charge in [0.05, 0.1) is 0 Å². The van der Waals surface area contributed by atoms with Crippen LogP contribution in [0.2, 0.25) is 0 Å². The van der Waals surface area contributed by atoms with Gasteiger partial charge < -0.3 is 0 Å². The van der Waals surface area contributed by atoms with Crippen LogP contribution in [0, 0.1) is 0 Å². The third-order valence-corrected chi connectivity index (χ3v) is 11.5. The van der Waals surface area contributed by atoms with E-state index in [9.17, 15) is 0 Å². The first-order chi connectivity index (χ1) is 12.2. The first kappa shape index (κ1) is 19.2. The Labute approximate surface area is 159 Å². The molecule has 0 nitrogen and oxygen atoms in total. The molecule has 3 aromatic carbocycles. The molecule has 0 aromatic heterocycles. The van der Waals surface area contributed by atoms with Crippen LogP contribution < -0.4 is 0 Å². The van der Waals surface area contributed by atoms with E-state index in [4.69, 9.17) is 0 Å². The molecule has 0 spiro atoms. The van der Waals surface area contributed by atoms with Gasteiger partial charge >= 0.3 is 0 Å². The molecule has 6 atom stereocenters. The molecule has 0 radical (unpaired) electrons. The fraction of sp³-hybridized carbons (Fsp3) is 0.143. The highest BCUT2D eigenvalue weighted by Gasteiger charge is 2.31. The Morgan fingerprint density at radius 1 is 0.440 bits per heavy atom. The normalized spacial score (nSPS) is 16.0. The van der Waals surface area contributed by atoms with Gasteiger partial charge in [0.2, 0.25) is 0 Å². The molecule has 0 aliphatic heterocycles. The third kappa shape index (κ3) is 4.76. The number of hydrogen-bond donors (Lipinski definition) is 0. The highest BCUT2D eigenvalue weighted by molar-refractivity contribution is 7.74. The zero-order valence-corrected chi connectivity index (χ0v) is 18.4. The second kappa shape index (κ2) is 9.36. The molecule has 6 unspecified atom stereocenters. The summed E-state index contributed by atoms with van der Waals surface area (Å²) in [5, 5.41) is 1.30. The molecule has 0 fully saturated rings. The Bertz CT molecular complexity index is 654. The molecule has 128 valence electrons. The summed E-state index contributed by atoms with van der Waals surface area (Å²) in [4.78, 5) is 0. The van der Waals surface area contributed by atoms with Crippen molar-refractivity contribution in [2.45, 2.75) is 16.2 Å². The summed E-state index contributed by atoms with van der Waals surface area (Å²) in [5.74, 6) is 0. The second-order valence-corrected chi connectivity index (χ2v) is 12.3. The van der Waals surface area contributed by atoms with E-state index in [-0.39, 0.29) is 7.92 Å². The maximum atomic E-state index is 3.13. The van der Waals surface area contributed by atoms with Crippen LogP contribution in [0.15, 0.2) is 91.0 Å². The maximum Gasteiger partial charge on any atom is 0.0202 e. The minimum Gasteiger partial charge on any atom is -0.125 e. The number of rotatable bonds is 6. The van der Waals surface area contributed by atoms with Gasteiger partial charge in [-0.15, -0.1) is 27.7 Å². The lowest BCUT2D eigenvalue weighted by atomic mass is 10.2. The van der Waals surface area contributed by atoms with Gasteiger partial charge in [0, 0.05) is 16.2 Å². The summed E-state index contributed by atoms with van der Waals surface area (Å²) >= 11 is 0. The van der Waals surface area contributed by atoms with Crippen molar-refractivity contribution in [3.8, 4) is 0 Å². The van der Waals surface area contributed by atoms with Crippen molar-refractivity contribution in [2.75, 3.05) is 0 Å². The Kier molecular flexibility index (Phi) is 7.17. The fourth-order valence-corrected chi connectivity index (χ4v) is 11.4. The Morgan fingerprint density at radius 3 is 0.920 bits per heavy atom. The zero-order chi connectivity index (χ0) is 17.6. The minimum absolute atomic E-state index is 0.384. The van der Waals surface area contributed by atoms with E-state index in [0.717, 1.165) is 0 Å². The van der Waals surface area contributed by atoms with Gasteiger partial charge in [-0.05, 0) is 16.7 Å². The van der Waals surface area contributed by atoms with Crippen LogP contribution in [0.3, 0.4) is 0 Å². The summed E-state index contributed by atoms with van der Waals surface area (Å²) in [6.45, 7) is 0. The van der Waals surface area contributed by atoms with Crippen LogP contribution in [0.25, 0.3) is 0 Å². The van der Waals surface area contributed by atoms with E-state index in [1.54, 1.807) is 0 Å². The highest BCUT2D eigenvalue weighted by Crippen LogP contribution is 2.75. The fourth-order valence-electron chi connectivity index (χ4n) is 2.99. The van der Waals surface area contributed by atoms with Crippen molar-refractivity contribution >= 4 is 35.6 Å². The van der Waals surface area contributed by atoms with Gasteiger partial charge in [0.15, 0.2) is 0 Å². The van der Waals surface area contributed by atoms with Crippen LogP contribution in [0.4, 0.5) is 0 Å². The molecule has 0 N–H and O–H groups in total. The standard InChI is InChI=1S/C21H24P4/c22-19(16-10-4-1-5-11-16)25(20(23)17-12-6-2-7-13-17)21(24)18-14-8-3-9-15-18/h1-15,19-21H,22-24H2. The van der Waals surface area contributed by atoms with Gasteiger partial charge in [-0.25, -0.2) is 0 Å². The third-order valence-electron chi connectivity index (χ3n) is 4.39. The van der Waals surface area contributed by atoms with Crippen LogP contribution in [0.5, 0.6) is 0 Å². The van der Waals surface area contributed by atoms with Crippen molar-refractivity contribution in [1.29, 1.82) is 0 Å². The largest absolute Gasteiger partial charge is 0.125 e. The molecular formula is C21H24P4. The van der Waals surface area contributed by atoms with Crippen molar-refractivity contribution in [1.82, 2.24) is 0 Å². The minimum atomic E-state index is -0.384. The number of benzene rings is 3. The lowest BCUT2D eigenvalue weighted by molar-refractivity contribution is 1.22. The van der Waals surface area contributed by atoms with Crippen molar-refractivity contribution in [3.05, 3.63) is 108 Å². The van der Waals surface area contributed by atoms with Crippen molar-refractivity contribution in [3.63, 3.8) is 0 Å². The summed E-state index contributed by atoms with van der Waals surface area (Å²) in [7, 11) is 9.00. The average molecular weight is 400 g/mol. The van der Waals surface area contributed by atoms with Crippen molar-refractivity contribution < 1.29 is 0 Å². The van der Waals surface area contributed by atoms with Gasteiger partial charge in [-0.3, -0.25) is 0 Å². The molecular weight excluding hydrogens is 376 g/mol. The average Bonchev–Trinajstić information content (AvgIpc) is 2.70. The predicted octanol–water partition coefficient (Wildman–Crippen LogP) is 7.19. The monoisotopic (exact) mass is 400 g/mol. The topological polar surface area (TPSA) is 0 Å². The molecule has 0 heterocycles. The van der Waals surface area contributed by atoms with E-state index in [0.29, 0.717) is 16.2 Å². The maximum absolute atomic E-state index is 3.13. The Hall–Kier alpha value is -0.620. The first-order valence-electron chi connectivity index (χ1n) is 8.37. The quantitative estimate of drug-likeness (QED) is 0.384. The summed E-state index contributed by atoms with van der Waals surface area (Å²) in [6, 6.07) is 32.6. The lowest BCUT2D eigenvalue weighted by Gasteiger charge is -2.36. The van der Waals surface area contributed by atoms with Gasteiger partial charge in [0.25, 0.3) is 0 Å². The van der Waals surface area contributed by atoms with Gasteiger partial charge in [-0.2, -0.15) is 0 Å². The summed E-state index contributed by atoms with van der Waals surface area (Å²) in [5.41, 5.74) is 4.18. The molecule has 4 heteroatoms. The van der Waals surface area contributed by atoms with E-state index < -0.39 is 0 Å². The predicted molar refractivity (Wildman–Crippen MR) is 124 cm³/mol. The smallest absolute Gasteiger partial charge is 0.0202 e. The van der Waals surface area contributed by atoms with E-state index in [1.807, 2.05) is 0 Å². The molecule has 25 heavy (non-hydrogen) atoms. The van der Waals surface area contributed by atoms with Gasteiger partial charge in [0.1, 0.15) is 0 Å². The Morgan fingerprint density at radius 2 is 0.680 bits per heavy atom. The van der Waals surface area contributed by atoms with Crippen LogP contribution in [-0.2, 0) is 0 Å². The zero-order valence-electron chi connectivity index (χ0n) is 14.1. The molecule has 3 rings (SSSR count). The molecule has 0 bridgehead atoms. The SMILES string of the molecule is PC(c1ccccc1)P(C(P)c1ccccc1)C(P)c1ccccc1. The van der Waals surface area contributed by atoms with E-state index in [1.165, 1.54) is 16.7 Å².